The van der Waals surface area contributed by atoms with Gasteiger partial charge < -0.3 is 4.90 Å². The lowest BCUT2D eigenvalue weighted by atomic mass is 9.99. The quantitative estimate of drug-likeness (QED) is 0.386. The summed E-state index contributed by atoms with van der Waals surface area (Å²) in [5.74, 6) is 0.691. The van der Waals surface area contributed by atoms with Crippen molar-refractivity contribution in [2.24, 2.45) is 5.92 Å². The molecule has 0 saturated carbocycles. The van der Waals surface area contributed by atoms with Gasteiger partial charge in [-0.05, 0) is 62.0 Å². The van der Waals surface area contributed by atoms with Gasteiger partial charge in [0.1, 0.15) is 0 Å². The molecule has 31 heavy (non-hydrogen) atoms. The summed E-state index contributed by atoms with van der Waals surface area (Å²) >= 11 is 0. The minimum absolute atomic E-state index is 0.546. The molecule has 2 heteroatoms. The largest absolute Gasteiger partial charge is 0.308 e. The number of rotatable bonds is 10. The fourth-order valence-corrected chi connectivity index (χ4v) is 3.81. The summed E-state index contributed by atoms with van der Waals surface area (Å²) in [6, 6.07) is 18.5. The first-order valence-corrected chi connectivity index (χ1v) is 12.4. The number of benzene rings is 2. The zero-order valence-electron chi connectivity index (χ0n) is 22.2. The Hall–Kier alpha value is -1.64. The molecule has 2 aromatic rings. The summed E-state index contributed by atoms with van der Waals surface area (Å²) < 4.78 is 0. The van der Waals surface area contributed by atoms with E-state index >= 15 is 0 Å². The van der Waals surface area contributed by atoms with Crippen molar-refractivity contribution in [3.8, 4) is 0 Å². The molecule has 0 aliphatic heterocycles. The Kier molecular flexibility index (Phi) is 16.1. The fraction of sp³-hybridized carbons (Fsp3) is 0.586. The van der Waals surface area contributed by atoms with Gasteiger partial charge in [-0.2, -0.15) is 0 Å². The molecule has 0 aliphatic rings. The number of hydrogen-bond donors (Lipinski definition) is 0. The molecule has 0 fully saturated rings. The lowest BCUT2D eigenvalue weighted by Crippen LogP contribution is -2.42. The first-order chi connectivity index (χ1) is 14.9. The van der Waals surface area contributed by atoms with E-state index in [-0.39, 0.29) is 0 Å². The highest BCUT2D eigenvalue weighted by Gasteiger charge is 2.22. The molecule has 2 rings (SSSR count). The van der Waals surface area contributed by atoms with Gasteiger partial charge in [-0.3, -0.25) is 4.90 Å². The van der Waals surface area contributed by atoms with E-state index < -0.39 is 0 Å². The van der Waals surface area contributed by atoms with Gasteiger partial charge in [0.2, 0.25) is 0 Å². The Labute approximate surface area is 194 Å². The molecule has 0 N–H and O–H groups in total. The summed E-state index contributed by atoms with van der Waals surface area (Å²) in [5.41, 5.74) is 5.68. The molecule has 2 aromatic carbocycles. The maximum Gasteiger partial charge on any atom is 0.0243 e. The minimum Gasteiger partial charge on any atom is -0.308 e. The summed E-state index contributed by atoms with van der Waals surface area (Å²) in [7, 11) is 4.38. The fourth-order valence-electron chi connectivity index (χ4n) is 3.81. The van der Waals surface area contributed by atoms with Gasteiger partial charge >= 0.3 is 0 Å². The molecular formula is C29H50N2. The topological polar surface area (TPSA) is 6.48 Å². The Morgan fingerprint density at radius 3 is 1.97 bits per heavy atom. The van der Waals surface area contributed by atoms with Gasteiger partial charge in [0.25, 0.3) is 0 Å². The van der Waals surface area contributed by atoms with Crippen LogP contribution >= 0.6 is 0 Å². The van der Waals surface area contributed by atoms with Crippen LogP contribution in [0.25, 0.3) is 0 Å². The number of nitrogens with zero attached hydrogens (tertiary/aromatic N) is 2. The second kappa shape index (κ2) is 17.0. The van der Waals surface area contributed by atoms with E-state index in [9.17, 15) is 0 Å². The summed E-state index contributed by atoms with van der Waals surface area (Å²) in [6.45, 7) is 20.3. The van der Waals surface area contributed by atoms with Gasteiger partial charge in [-0.25, -0.2) is 0 Å². The predicted molar refractivity (Wildman–Crippen MR) is 141 cm³/mol. The normalized spacial score (nSPS) is 11.6. The van der Waals surface area contributed by atoms with Crippen molar-refractivity contribution in [1.29, 1.82) is 0 Å². The van der Waals surface area contributed by atoms with Crippen LogP contribution in [-0.2, 0) is 19.5 Å². The van der Waals surface area contributed by atoms with E-state index in [0.717, 1.165) is 26.1 Å². The molecule has 0 radical (unpaired) electrons. The Morgan fingerprint density at radius 2 is 1.42 bits per heavy atom. The second-order valence-electron chi connectivity index (χ2n) is 8.55. The van der Waals surface area contributed by atoms with Gasteiger partial charge in [-0.1, -0.05) is 97.0 Å². The number of likely N-dealkylation sites (N-methyl/N-ethyl adjacent to an activating group) is 1. The second-order valence-corrected chi connectivity index (χ2v) is 8.55. The smallest absolute Gasteiger partial charge is 0.0243 e. The van der Waals surface area contributed by atoms with Crippen LogP contribution < -0.4 is 0 Å². The van der Waals surface area contributed by atoms with Crippen molar-refractivity contribution in [2.75, 3.05) is 20.6 Å². The van der Waals surface area contributed by atoms with Crippen molar-refractivity contribution < 1.29 is 0 Å². The zero-order chi connectivity index (χ0) is 23.8. The van der Waals surface area contributed by atoms with E-state index in [4.69, 9.17) is 0 Å². The van der Waals surface area contributed by atoms with Crippen LogP contribution in [0.2, 0.25) is 0 Å². The van der Waals surface area contributed by atoms with Gasteiger partial charge in [0, 0.05) is 25.7 Å². The summed E-state index contributed by atoms with van der Waals surface area (Å²) in [4.78, 5) is 5.03. The van der Waals surface area contributed by atoms with E-state index in [2.05, 4.69) is 100 Å². The Balaban J connectivity index is 0.00000212. The zero-order valence-corrected chi connectivity index (χ0v) is 22.2. The van der Waals surface area contributed by atoms with Gasteiger partial charge in [0.15, 0.2) is 0 Å². The SMILES string of the molecule is CC.CC.CCc1cccc(CN(Cc2ccccc2C)[C@@H](CC(C)C)CN(C)C)c1. The van der Waals surface area contributed by atoms with Crippen LogP contribution in [-0.4, -0.2) is 36.5 Å². The van der Waals surface area contributed by atoms with E-state index in [0.29, 0.717) is 12.0 Å². The molecular weight excluding hydrogens is 376 g/mol. The average Bonchev–Trinajstić information content (AvgIpc) is 2.76. The first kappa shape index (κ1) is 29.4. The molecule has 0 spiro atoms. The monoisotopic (exact) mass is 426 g/mol. The summed E-state index contributed by atoms with van der Waals surface area (Å²) in [6.07, 6.45) is 2.32. The van der Waals surface area contributed by atoms with Crippen LogP contribution in [0.4, 0.5) is 0 Å². The highest BCUT2D eigenvalue weighted by Crippen LogP contribution is 2.21. The highest BCUT2D eigenvalue weighted by molar-refractivity contribution is 5.27. The van der Waals surface area contributed by atoms with E-state index in [1.54, 1.807) is 0 Å². The number of aryl methyl sites for hydroxylation is 2. The third-order valence-corrected chi connectivity index (χ3v) is 5.26. The van der Waals surface area contributed by atoms with Crippen molar-refractivity contribution in [3.05, 3.63) is 70.8 Å². The van der Waals surface area contributed by atoms with Crippen LogP contribution in [0.1, 0.15) is 77.1 Å². The molecule has 0 aromatic heterocycles. The third-order valence-electron chi connectivity index (χ3n) is 5.26. The van der Waals surface area contributed by atoms with Crippen LogP contribution in [0.15, 0.2) is 48.5 Å². The van der Waals surface area contributed by atoms with E-state index in [1.165, 1.54) is 28.7 Å². The van der Waals surface area contributed by atoms with Gasteiger partial charge in [0.05, 0.1) is 0 Å². The van der Waals surface area contributed by atoms with Crippen molar-refractivity contribution >= 4 is 0 Å². The third kappa shape index (κ3) is 11.5. The molecule has 0 heterocycles. The van der Waals surface area contributed by atoms with Crippen molar-refractivity contribution in [1.82, 2.24) is 9.80 Å². The molecule has 176 valence electrons. The lowest BCUT2D eigenvalue weighted by Gasteiger charge is -2.35. The highest BCUT2D eigenvalue weighted by atomic mass is 15.2. The maximum absolute atomic E-state index is 2.69. The molecule has 1 atom stereocenters. The Morgan fingerprint density at radius 1 is 0.806 bits per heavy atom. The lowest BCUT2D eigenvalue weighted by molar-refractivity contribution is 0.127. The Bertz CT molecular complexity index is 681. The average molecular weight is 427 g/mol. The predicted octanol–water partition coefficient (Wildman–Crippen LogP) is 7.59. The number of hydrogen-bond acceptors (Lipinski definition) is 2. The van der Waals surface area contributed by atoms with Crippen LogP contribution in [0.5, 0.6) is 0 Å². The van der Waals surface area contributed by atoms with Crippen molar-refractivity contribution in [2.45, 2.75) is 87.4 Å². The first-order valence-electron chi connectivity index (χ1n) is 12.4. The van der Waals surface area contributed by atoms with Crippen LogP contribution in [0, 0.1) is 12.8 Å². The molecule has 0 saturated heterocycles. The molecule has 2 nitrogen and oxygen atoms in total. The molecule has 0 bridgehead atoms. The van der Waals surface area contributed by atoms with Crippen molar-refractivity contribution in [3.63, 3.8) is 0 Å². The molecule has 0 aliphatic carbocycles. The van der Waals surface area contributed by atoms with Gasteiger partial charge in [-0.15, -0.1) is 0 Å². The molecule has 0 amide bonds. The van der Waals surface area contributed by atoms with E-state index in [1.807, 2.05) is 27.7 Å². The minimum atomic E-state index is 0.546. The van der Waals surface area contributed by atoms with Crippen LogP contribution in [0.3, 0.4) is 0 Å². The standard InChI is InChI=1S/C25H38N2.2C2H6/c1-7-22-12-10-13-23(16-22)17-27(18-24-14-9-8-11-21(24)4)25(15-20(2)3)19-26(5)6;2*1-2/h8-14,16,20,25H,7,15,17-19H2,1-6H3;2*1-2H3/t25-;;/m0../s1. The molecule has 0 unspecified atom stereocenters. The maximum atomic E-state index is 2.69. The summed E-state index contributed by atoms with van der Waals surface area (Å²) in [5, 5.41) is 0.